The Kier molecular flexibility index (Phi) is 4.90. The van der Waals surface area contributed by atoms with E-state index in [4.69, 9.17) is 5.73 Å². The maximum Gasteiger partial charge on any atom is 0.206 e. The highest BCUT2D eigenvalue weighted by molar-refractivity contribution is 7.91. The van der Waals surface area contributed by atoms with E-state index < -0.39 is 9.84 Å². The zero-order valence-corrected chi connectivity index (χ0v) is 11.2. The molecule has 0 bridgehead atoms. The van der Waals surface area contributed by atoms with Gasteiger partial charge in [0.2, 0.25) is 9.84 Å². The third-order valence-corrected chi connectivity index (χ3v) is 4.41. The summed E-state index contributed by atoms with van der Waals surface area (Å²) in [6.45, 7) is 0.211. The Hall–Kier alpha value is -1.36. The van der Waals surface area contributed by atoms with Gasteiger partial charge in [0.15, 0.2) is 0 Å². The van der Waals surface area contributed by atoms with Crippen LogP contribution in [-0.2, 0) is 16.4 Å². The minimum Gasteiger partial charge on any atom is -0.326 e. The quantitative estimate of drug-likeness (QED) is 0.941. The molecule has 0 aliphatic carbocycles. The van der Waals surface area contributed by atoms with E-state index in [0.29, 0.717) is 10.5 Å². The smallest absolute Gasteiger partial charge is 0.206 e. The molecule has 0 amide bonds. The first-order valence-corrected chi connectivity index (χ1v) is 6.72. The molecule has 0 heterocycles. The lowest BCUT2D eigenvalue weighted by molar-refractivity contribution is 0.595. The molecule has 5 heteroatoms. The first-order chi connectivity index (χ1) is 8.16. The second-order valence-electron chi connectivity index (χ2n) is 3.63. The first kappa shape index (κ1) is 14.7. The Morgan fingerprint density at radius 1 is 0.889 bits per heavy atom. The molecule has 18 heavy (non-hydrogen) atoms. The summed E-state index contributed by atoms with van der Waals surface area (Å²) in [5, 5.41) is 0. The van der Waals surface area contributed by atoms with Crippen LogP contribution < -0.4 is 5.73 Å². The van der Waals surface area contributed by atoms with Crippen LogP contribution in [0.15, 0.2) is 64.4 Å². The van der Waals surface area contributed by atoms with Gasteiger partial charge in [-0.2, -0.15) is 0 Å². The van der Waals surface area contributed by atoms with Crippen molar-refractivity contribution in [2.45, 2.75) is 16.3 Å². The highest BCUT2D eigenvalue weighted by Gasteiger charge is 2.19. The van der Waals surface area contributed by atoms with Gasteiger partial charge in [-0.1, -0.05) is 36.4 Å². The molecule has 0 radical (unpaired) electrons. The van der Waals surface area contributed by atoms with E-state index in [1.54, 1.807) is 54.6 Å². The van der Waals surface area contributed by atoms with Crippen molar-refractivity contribution in [2.75, 3.05) is 0 Å². The van der Waals surface area contributed by atoms with Crippen molar-refractivity contribution in [3.63, 3.8) is 0 Å². The van der Waals surface area contributed by atoms with Gasteiger partial charge in [-0.05, 0) is 23.8 Å². The normalized spacial score (nSPS) is 10.7. The summed E-state index contributed by atoms with van der Waals surface area (Å²) in [5.74, 6) is 0. The Labute approximate surface area is 113 Å². The van der Waals surface area contributed by atoms with Gasteiger partial charge < -0.3 is 5.73 Å². The second-order valence-corrected chi connectivity index (χ2v) is 5.55. The highest BCUT2D eigenvalue weighted by Crippen LogP contribution is 2.23. The number of sulfone groups is 1. The highest BCUT2D eigenvalue weighted by atomic mass is 35.5. The number of nitrogens with two attached hydrogens (primary N) is 1. The molecular weight excluding hydrogens is 270 g/mol. The third kappa shape index (κ3) is 2.72. The summed E-state index contributed by atoms with van der Waals surface area (Å²) in [6, 6.07) is 15.2. The standard InChI is InChI=1S/C13H13NO2S.ClH/c14-10-11-6-4-5-9-13(11)17(15,16)12-7-2-1-3-8-12;/h1-9H,10,14H2;1H. The number of hydrogen-bond acceptors (Lipinski definition) is 3. The number of benzene rings is 2. The molecule has 2 aromatic rings. The molecule has 2 N–H and O–H groups in total. The van der Waals surface area contributed by atoms with Crippen LogP contribution in [0.4, 0.5) is 0 Å². The molecule has 2 aromatic carbocycles. The van der Waals surface area contributed by atoms with Crippen molar-refractivity contribution in [1.82, 2.24) is 0 Å². The average molecular weight is 284 g/mol. The molecule has 0 saturated carbocycles. The summed E-state index contributed by atoms with van der Waals surface area (Å²) in [6.07, 6.45) is 0. The number of halogens is 1. The molecule has 96 valence electrons. The largest absolute Gasteiger partial charge is 0.326 e. The van der Waals surface area contributed by atoms with Crippen molar-refractivity contribution >= 4 is 22.2 Å². The SMILES string of the molecule is Cl.NCc1ccccc1S(=O)(=O)c1ccccc1. The van der Waals surface area contributed by atoms with Crippen molar-refractivity contribution in [2.24, 2.45) is 5.73 Å². The predicted octanol–water partition coefficient (Wildman–Crippen LogP) is 2.40. The minimum absolute atomic E-state index is 0. The van der Waals surface area contributed by atoms with Crippen LogP contribution in [0.1, 0.15) is 5.56 Å². The molecule has 0 aliphatic rings. The second kappa shape index (κ2) is 6.00. The Balaban J connectivity index is 0.00000162. The lowest BCUT2D eigenvalue weighted by atomic mass is 10.2. The molecular formula is C13H14ClNO2S. The first-order valence-electron chi connectivity index (χ1n) is 5.24. The van der Waals surface area contributed by atoms with Crippen molar-refractivity contribution in [3.05, 3.63) is 60.2 Å². The van der Waals surface area contributed by atoms with E-state index in [1.807, 2.05) is 0 Å². The van der Waals surface area contributed by atoms with Gasteiger partial charge >= 0.3 is 0 Å². The maximum absolute atomic E-state index is 12.4. The van der Waals surface area contributed by atoms with E-state index in [2.05, 4.69) is 0 Å². The van der Waals surface area contributed by atoms with E-state index in [-0.39, 0.29) is 23.8 Å². The minimum atomic E-state index is -3.46. The predicted molar refractivity (Wildman–Crippen MR) is 73.5 cm³/mol. The van der Waals surface area contributed by atoms with Gasteiger partial charge in [0.1, 0.15) is 0 Å². The third-order valence-electron chi connectivity index (χ3n) is 2.54. The molecule has 0 unspecified atom stereocenters. The average Bonchev–Trinajstić information content (AvgIpc) is 2.39. The van der Waals surface area contributed by atoms with Crippen LogP contribution in [-0.4, -0.2) is 8.42 Å². The summed E-state index contributed by atoms with van der Waals surface area (Å²) < 4.78 is 24.7. The number of rotatable bonds is 3. The maximum atomic E-state index is 12.4. The molecule has 0 saturated heterocycles. The van der Waals surface area contributed by atoms with Gasteiger partial charge in [-0.15, -0.1) is 12.4 Å². The zero-order valence-electron chi connectivity index (χ0n) is 9.61. The van der Waals surface area contributed by atoms with Crippen LogP contribution in [0, 0.1) is 0 Å². The molecule has 3 nitrogen and oxygen atoms in total. The van der Waals surface area contributed by atoms with Crippen LogP contribution in [0.25, 0.3) is 0 Å². The fraction of sp³-hybridized carbons (Fsp3) is 0.0769. The van der Waals surface area contributed by atoms with Gasteiger partial charge in [0.05, 0.1) is 9.79 Å². The topological polar surface area (TPSA) is 60.2 Å². The lowest BCUT2D eigenvalue weighted by Gasteiger charge is -2.08. The van der Waals surface area contributed by atoms with Gasteiger partial charge in [-0.25, -0.2) is 8.42 Å². The summed E-state index contributed by atoms with van der Waals surface area (Å²) in [5.41, 5.74) is 6.20. The van der Waals surface area contributed by atoms with E-state index in [1.165, 1.54) is 0 Å². The lowest BCUT2D eigenvalue weighted by Crippen LogP contribution is -2.08. The summed E-state index contributed by atoms with van der Waals surface area (Å²) in [4.78, 5) is 0.578. The van der Waals surface area contributed by atoms with Gasteiger partial charge in [0.25, 0.3) is 0 Å². The number of hydrogen-bond donors (Lipinski definition) is 1. The van der Waals surface area contributed by atoms with Crippen LogP contribution in [0.3, 0.4) is 0 Å². The van der Waals surface area contributed by atoms with Crippen LogP contribution in [0.5, 0.6) is 0 Å². The Bertz CT molecular complexity index is 612. The monoisotopic (exact) mass is 283 g/mol. The van der Waals surface area contributed by atoms with Crippen molar-refractivity contribution in [1.29, 1.82) is 0 Å². The van der Waals surface area contributed by atoms with E-state index >= 15 is 0 Å². The van der Waals surface area contributed by atoms with E-state index in [9.17, 15) is 8.42 Å². The van der Waals surface area contributed by atoms with Crippen molar-refractivity contribution < 1.29 is 8.42 Å². The molecule has 0 atom stereocenters. The fourth-order valence-corrected chi connectivity index (χ4v) is 3.18. The van der Waals surface area contributed by atoms with Gasteiger partial charge in [0, 0.05) is 6.54 Å². The molecule has 0 fully saturated rings. The molecule has 0 aromatic heterocycles. The van der Waals surface area contributed by atoms with Gasteiger partial charge in [-0.3, -0.25) is 0 Å². The summed E-state index contributed by atoms with van der Waals surface area (Å²) >= 11 is 0. The molecule has 2 rings (SSSR count). The van der Waals surface area contributed by atoms with E-state index in [0.717, 1.165) is 0 Å². The Morgan fingerprint density at radius 2 is 1.44 bits per heavy atom. The van der Waals surface area contributed by atoms with Crippen LogP contribution in [0.2, 0.25) is 0 Å². The zero-order chi connectivity index (χ0) is 12.3. The van der Waals surface area contributed by atoms with Crippen molar-refractivity contribution in [3.8, 4) is 0 Å². The summed E-state index contributed by atoms with van der Waals surface area (Å²) in [7, 11) is -3.46. The molecule has 0 spiro atoms. The van der Waals surface area contributed by atoms with Crippen LogP contribution >= 0.6 is 12.4 Å². The molecule has 0 aliphatic heterocycles. The fourth-order valence-electron chi connectivity index (χ4n) is 1.66. The Morgan fingerprint density at radius 3 is 2.06 bits per heavy atom.